The number of benzene rings is 1. The number of pyridine rings is 1. The largest absolute Gasteiger partial charge is 0.507 e. The minimum absolute atomic E-state index is 0.0307. The zero-order valence-electron chi connectivity index (χ0n) is 11.4. The molecule has 0 saturated heterocycles. The lowest BCUT2D eigenvalue weighted by molar-refractivity contribution is -0.121. The van der Waals surface area contributed by atoms with Crippen molar-refractivity contribution in [3.05, 3.63) is 59.4 Å². The van der Waals surface area contributed by atoms with E-state index in [2.05, 4.69) is 15.8 Å². The van der Waals surface area contributed by atoms with Crippen molar-refractivity contribution in [2.24, 2.45) is 0 Å². The summed E-state index contributed by atoms with van der Waals surface area (Å²) in [6.07, 6.45) is 1.33. The van der Waals surface area contributed by atoms with E-state index in [0.717, 1.165) is 5.56 Å². The van der Waals surface area contributed by atoms with Crippen molar-refractivity contribution in [1.29, 1.82) is 0 Å². The van der Waals surface area contributed by atoms with E-state index in [-0.39, 0.29) is 17.7 Å². The second-order valence-corrected chi connectivity index (χ2v) is 4.45. The maximum Gasteiger partial charge on any atom is 0.276 e. The summed E-state index contributed by atoms with van der Waals surface area (Å²) < 4.78 is 0. The van der Waals surface area contributed by atoms with Crippen LogP contribution in [0.1, 0.15) is 21.6 Å². The van der Waals surface area contributed by atoms with Gasteiger partial charge in [0.05, 0.1) is 6.42 Å². The maximum absolute atomic E-state index is 11.8. The van der Waals surface area contributed by atoms with Crippen LogP contribution < -0.4 is 10.9 Å². The summed E-state index contributed by atoms with van der Waals surface area (Å²) in [5.41, 5.74) is 6.96. The van der Waals surface area contributed by atoms with Crippen molar-refractivity contribution >= 4 is 11.8 Å². The van der Waals surface area contributed by atoms with E-state index in [1.165, 1.54) is 12.3 Å². The van der Waals surface area contributed by atoms with Gasteiger partial charge in [-0.1, -0.05) is 30.3 Å². The van der Waals surface area contributed by atoms with Crippen molar-refractivity contribution in [3.63, 3.8) is 0 Å². The van der Waals surface area contributed by atoms with Gasteiger partial charge in [0, 0.05) is 18.0 Å². The van der Waals surface area contributed by atoms with Gasteiger partial charge in [0.1, 0.15) is 11.3 Å². The number of amides is 2. The number of carbonyl (C=O) groups excluding carboxylic acids is 2. The Kier molecular flexibility index (Phi) is 4.50. The lowest BCUT2D eigenvalue weighted by atomic mass is 10.1. The Morgan fingerprint density at radius 1 is 1.29 bits per heavy atom. The lowest BCUT2D eigenvalue weighted by Crippen LogP contribution is -2.36. The summed E-state index contributed by atoms with van der Waals surface area (Å²) in [5.74, 6) is -1.36. The van der Waals surface area contributed by atoms with E-state index in [9.17, 15) is 14.7 Å². The molecule has 2 aromatic rings. The number of aryl methyl sites for hydroxylation is 1. The van der Waals surface area contributed by atoms with Gasteiger partial charge >= 0.3 is 0 Å². The van der Waals surface area contributed by atoms with Crippen LogP contribution in [0.5, 0.6) is 5.75 Å². The highest BCUT2D eigenvalue weighted by Gasteiger charge is 2.14. The smallest absolute Gasteiger partial charge is 0.276 e. The Morgan fingerprint density at radius 2 is 2.00 bits per heavy atom. The molecular formula is C15H14N3O3. The van der Waals surface area contributed by atoms with Crippen LogP contribution >= 0.6 is 0 Å². The van der Waals surface area contributed by atoms with Gasteiger partial charge in [-0.2, -0.15) is 0 Å². The first kappa shape index (κ1) is 14.5. The average molecular weight is 284 g/mol. The molecule has 2 rings (SSSR count). The van der Waals surface area contributed by atoms with Crippen molar-refractivity contribution in [3.8, 4) is 5.75 Å². The number of rotatable bonds is 3. The minimum atomic E-state index is -0.679. The van der Waals surface area contributed by atoms with E-state index in [1.54, 1.807) is 19.1 Å². The first-order valence-electron chi connectivity index (χ1n) is 6.29. The molecule has 0 aliphatic carbocycles. The van der Waals surface area contributed by atoms with Crippen LogP contribution in [0.15, 0.2) is 42.6 Å². The maximum atomic E-state index is 11.8. The van der Waals surface area contributed by atoms with E-state index >= 15 is 0 Å². The van der Waals surface area contributed by atoms with Crippen LogP contribution in [-0.2, 0) is 11.2 Å². The first-order valence-corrected chi connectivity index (χ1v) is 6.29. The van der Waals surface area contributed by atoms with Gasteiger partial charge in [-0.15, -0.1) is 5.43 Å². The third kappa shape index (κ3) is 4.04. The van der Waals surface area contributed by atoms with Crippen LogP contribution in [0, 0.1) is 6.92 Å². The fraction of sp³-hybridized carbons (Fsp3) is 0.133. The molecule has 0 aliphatic rings. The van der Waals surface area contributed by atoms with Gasteiger partial charge in [0.15, 0.2) is 0 Å². The van der Waals surface area contributed by atoms with Gasteiger partial charge in [0.2, 0.25) is 0 Å². The van der Waals surface area contributed by atoms with E-state index in [1.807, 2.05) is 18.2 Å². The molecule has 1 heterocycles. The summed E-state index contributed by atoms with van der Waals surface area (Å²) in [6.45, 7) is 1.69. The van der Waals surface area contributed by atoms with Gasteiger partial charge in [-0.25, -0.2) is 5.43 Å². The second-order valence-electron chi connectivity index (χ2n) is 4.45. The molecule has 1 aromatic heterocycles. The van der Waals surface area contributed by atoms with Gasteiger partial charge in [0.25, 0.3) is 11.8 Å². The van der Waals surface area contributed by atoms with Gasteiger partial charge in [-0.05, 0) is 12.5 Å². The lowest BCUT2D eigenvalue weighted by Gasteiger charge is -2.06. The van der Waals surface area contributed by atoms with E-state index in [4.69, 9.17) is 0 Å². The first-order chi connectivity index (χ1) is 10.1. The third-order valence-corrected chi connectivity index (χ3v) is 2.74. The zero-order valence-corrected chi connectivity index (χ0v) is 11.4. The normalized spacial score (nSPS) is 9.95. The molecule has 0 fully saturated rings. The van der Waals surface area contributed by atoms with Gasteiger partial charge < -0.3 is 5.11 Å². The number of nitrogens with zero attached hydrogens (tertiary/aromatic N) is 2. The standard InChI is InChI=1S/C15H14N3O3/c1-10-7-13(19)12(9-16-10)15(21)18-17-14(20)8-11-5-3-2-4-6-11/h2-7,9H,8H2,1H3,(H,16,19)(H,18,21). The highest BCUT2D eigenvalue weighted by atomic mass is 16.3. The molecule has 0 saturated carbocycles. The zero-order chi connectivity index (χ0) is 15.2. The highest BCUT2D eigenvalue weighted by Crippen LogP contribution is 2.15. The monoisotopic (exact) mass is 284 g/mol. The number of aromatic nitrogens is 1. The molecule has 21 heavy (non-hydrogen) atoms. The molecule has 0 unspecified atom stereocenters. The number of hydrogen-bond donors (Lipinski definition) is 2. The van der Waals surface area contributed by atoms with Crippen LogP contribution in [0.25, 0.3) is 0 Å². The van der Waals surface area contributed by atoms with Crippen molar-refractivity contribution < 1.29 is 14.7 Å². The number of aromatic hydroxyl groups is 1. The molecule has 0 spiro atoms. The quantitative estimate of drug-likeness (QED) is 0.826. The van der Waals surface area contributed by atoms with E-state index < -0.39 is 11.8 Å². The summed E-state index contributed by atoms with van der Waals surface area (Å²) in [6, 6.07) is 10.4. The summed E-state index contributed by atoms with van der Waals surface area (Å²) in [4.78, 5) is 27.3. The van der Waals surface area contributed by atoms with E-state index in [0.29, 0.717) is 5.69 Å². The number of carbonyl (C=O) groups is 2. The Labute approximate surface area is 121 Å². The summed E-state index contributed by atoms with van der Waals surface area (Å²) >= 11 is 0. The Bertz CT molecular complexity index is 656. The third-order valence-electron chi connectivity index (χ3n) is 2.74. The minimum Gasteiger partial charge on any atom is -0.507 e. The number of nitrogens with one attached hydrogen (secondary N) is 1. The molecule has 1 radical (unpaired) electrons. The molecule has 107 valence electrons. The topological polar surface area (TPSA) is 93.4 Å². The SMILES string of the molecule is Cc1cc(O)c(C(=O)N[N]C(=O)Cc2ccccc2)cn1. The fourth-order valence-corrected chi connectivity index (χ4v) is 1.70. The second kappa shape index (κ2) is 6.51. The molecule has 2 N–H and O–H groups in total. The number of hydrogen-bond acceptors (Lipinski definition) is 4. The van der Waals surface area contributed by atoms with Crippen molar-refractivity contribution in [2.45, 2.75) is 13.3 Å². The fourth-order valence-electron chi connectivity index (χ4n) is 1.70. The Hall–Kier alpha value is -2.89. The molecule has 0 atom stereocenters. The Morgan fingerprint density at radius 3 is 2.67 bits per heavy atom. The van der Waals surface area contributed by atoms with Crippen LogP contribution in [0.3, 0.4) is 0 Å². The molecule has 0 bridgehead atoms. The van der Waals surface area contributed by atoms with Crippen LogP contribution in [0.4, 0.5) is 0 Å². The predicted octanol–water partition coefficient (Wildman–Crippen LogP) is 1.11. The van der Waals surface area contributed by atoms with Crippen LogP contribution in [0.2, 0.25) is 0 Å². The summed E-state index contributed by atoms with van der Waals surface area (Å²) in [7, 11) is 0. The van der Waals surface area contributed by atoms with Crippen LogP contribution in [-0.4, -0.2) is 21.9 Å². The molecule has 6 heteroatoms. The molecular weight excluding hydrogens is 270 g/mol. The molecule has 1 aromatic carbocycles. The summed E-state index contributed by atoms with van der Waals surface area (Å²) in [5, 5.41) is 9.63. The average Bonchev–Trinajstić information content (AvgIpc) is 2.46. The van der Waals surface area contributed by atoms with Crippen molar-refractivity contribution in [1.82, 2.24) is 15.8 Å². The van der Waals surface area contributed by atoms with Gasteiger partial charge in [-0.3, -0.25) is 14.6 Å². The highest BCUT2D eigenvalue weighted by molar-refractivity contribution is 5.97. The Balaban J connectivity index is 1.90. The predicted molar refractivity (Wildman–Crippen MR) is 75.4 cm³/mol. The molecule has 6 nitrogen and oxygen atoms in total. The van der Waals surface area contributed by atoms with Crippen molar-refractivity contribution in [2.75, 3.05) is 0 Å². The molecule has 2 amide bonds. The molecule has 0 aliphatic heterocycles.